The Bertz CT molecular complexity index is 2350. The number of imide groups is 1. The summed E-state index contributed by atoms with van der Waals surface area (Å²) < 4.78 is 2.06. The Hall–Kier alpha value is -6.32. The first-order valence-electron chi connectivity index (χ1n) is 14.2. The number of pyridine rings is 1. The summed E-state index contributed by atoms with van der Waals surface area (Å²) in [5.41, 5.74) is 7.41. The van der Waals surface area contributed by atoms with E-state index < -0.39 is 0 Å². The molecule has 0 spiro atoms. The number of amides is 2. The summed E-state index contributed by atoms with van der Waals surface area (Å²) in [7, 11) is 0. The second-order valence-corrected chi connectivity index (χ2v) is 10.6. The van der Waals surface area contributed by atoms with Crippen molar-refractivity contribution in [2.75, 3.05) is 4.90 Å². The fourth-order valence-electron chi connectivity index (χ4n) is 6.25. The van der Waals surface area contributed by atoms with Crippen molar-refractivity contribution in [1.82, 2.24) is 9.55 Å². The fraction of sp³-hybridized carbons (Fsp3) is 0. The van der Waals surface area contributed by atoms with Crippen LogP contribution in [0, 0.1) is 11.3 Å². The van der Waals surface area contributed by atoms with Gasteiger partial charge in [-0.3, -0.25) is 9.59 Å². The molecule has 5 aromatic carbocycles. The first kappa shape index (κ1) is 25.4. The Labute approximate surface area is 252 Å². The summed E-state index contributed by atoms with van der Waals surface area (Å²) in [6, 6.07) is 44.3. The third-order valence-corrected chi connectivity index (χ3v) is 8.20. The van der Waals surface area contributed by atoms with E-state index in [2.05, 4.69) is 27.8 Å². The zero-order valence-corrected chi connectivity index (χ0v) is 23.3. The molecule has 0 bridgehead atoms. The van der Waals surface area contributed by atoms with Gasteiger partial charge in [0.2, 0.25) is 0 Å². The predicted octanol–water partition coefficient (Wildman–Crippen LogP) is 8.18. The quantitative estimate of drug-likeness (QED) is 0.201. The number of benzene rings is 5. The van der Waals surface area contributed by atoms with Gasteiger partial charge in [-0.25, -0.2) is 9.88 Å². The third-order valence-electron chi connectivity index (χ3n) is 8.20. The molecule has 2 aromatic heterocycles. The number of carbonyl (C=O) groups is 2. The molecule has 3 heterocycles. The van der Waals surface area contributed by atoms with Gasteiger partial charge in [-0.1, -0.05) is 84.9 Å². The Morgan fingerprint density at radius 2 is 1.27 bits per heavy atom. The number of hydrogen-bond donors (Lipinski definition) is 0. The maximum Gasteiger partial charge on any atom is 0.268 e. The molecule has 0 unspecified atom stereocenters. The van der Waals surface area contributed by atoms with Gasteiger partial charge in [0.15, 0.2) is 0 Å². The highest BCUT2D eigenvalue weighted by Gasteiger charge is 2.40. The van der Waals surface area contributed by atoms with E-state index in [9.17, 15) is 14.9 Å². The van der Waals surface area contributed by atoms with Crippen molar-refractivity contribution in [2.24, 2.45) is 0 Å². The third kappa shape index (κ3) is 3.77. The largest absolute Gasteiger partial charge is 0.308 e. The lowest BCUT2D eigenvalue weighted by Gasteiger charge is -2.18. The van der Waals surface area contributed by atoms with Crippen LogP contribution in [-0.2, 0) is 0 Å². The predicted molar refractivity (Wildman–Crippen MR) is 172 cm³/mol. The number of aromatic nitrogens is 2. The SMILES string of the molecule is N#Cc1cccc(-c2ccc3c(c2)c2ccccc2n3-c2cccc3c2C(=O)N(c2ccccc2-c2ccccc2)C3=O)n1. The van der Waals surface area contributed by atoms with Crippen LogP contribution in [0.15, 0.2) is 133 Å². The molecule has 206 valence electrons. The van der Waals surface area contributed by atoms with Crippen LogP contribution in [-0.4, -0.2) is 21.4 Å². The molecule has 1 aliphatic heterocycles. The average Bonchev–Trinajstić information content (AvgIpc) is 3.55. The molecule has 2 amide bonds. The van der Waals surface area contributed by atoms with Gasteiger partial charge < -0.3 is 4.57 Å². The minimum Gasteiger partial charge on any atom is -0.308 e. The number of rotatable bonds is 4. The van der Waals surface area contributed by atoms with Crippen molar-refractivity contribution in [1.29, 1.82) is 5.26 Å². The molecule has 0 saturated heterocycles. The standard InChI is InChI=1S/C38H22N4O2/c39-23-26-12-8-16-31(40-26)25-20-21-34-30(22-25)28-14-5-7-18-33(28)41(34)35-19-9-15-29-36(35)38(44)42(37(29)43)32-17-6-4-13-27(32)24-10-2-1-3-11-24/h1-22H. The fourth-order valence-corrected chi connectivity index (χ4v) is 6.25. The number of hydrogen-bond acceptors (Lipinski definition) is 4. The molecule has 0 saturated carbocycles. The normalized spacial score (nSPS) is 12.6. The average molecular weight is 567 g/mol. The molecular formula is C38H22N4O2. The second-order valence-electron chi connectivity index (χ2n) is 10.6. The summed E-state index contributed by atoms with van der Waals surface area (Å²) in [5, 5.41) is 11.3. The molecule has 1 aliphatic rings. The highest BCUT2D eigenvalue weighted by molar-refractivity contribution is 6.36. The first-order valence-corrected chi connectivity index (χ1v) is 14.2. The highest BCUT2D eigenvalue weighted by atomic mass is 16.2. The van der Waals surface area contributed by atoms with Crippen molar-refractivity contribution in [2.45, 2.75) is 0 Å². The Balaban J connectivity index is 1.32. The van der Waals surface area contributed by atoms with Gasteiger partial charge in [0.25, 0.3) is 11.8 Å². The van der Waals surface area contributed by atoms with Crippen LogP contribution in [0.25, 0.3) is 49.9 Å². The van der Waals surface area contributed by atoms with Crippen molar-refractivity contribution in [3.05, 3.63) is 150 Å². The molecule has 6 nitrogen and oxygen atoms in total. The van der Waals surface area contributed by atoms with Crippen molar-refractivity contribution >= 4 is 39.3 Å². The Morgan fingerprint density at radius 1 is 0.568 bits per heavy atom. The molecule has 0 fully saturated rings. The Kier molecular flexibility index (Phi) is 5.71. The minimum absolute atomic E-state index is 0.346. The maximum absolute atomic E-state index is 14.3. The van der Waals surface area contributed by atoms with Gasteiger partial charge in [-0.05, 0) is 54.1 Å². The number of fused-ring (bicyclic) bond motifs is 4. The van der Waals surface area contributed by atoms with Gasteiger partial charge in [-0.15, -0.1) is 0 Å². The molecule has 0 aliphatic carbocycles. The van der Waals surface area contributed by atoms with Gasteiger partial charge in [0.05, 0.1) is 39.2 Å². The number of nitrogens with zero attached hydrogens (tertiary/aromatic N) is 4. The summed E-state index contributed by atoms with van der Waals surface area (Å²) in [6.07, 6.45) is 0. The van der Waals surface area contributed by atoms with Crippen LogP contribution in [0.4, 0.5) is 5.69 Å². The summed E-state index contributed by atoms with van der Waals surface area (Å²) in [4.78, 5) is 34.1. The monoisotopic (exact) mass is 566 g/mol. The van der Waals surface area contributed by atoms with E-state index in [1.54, 1.807) is 12.1 Å². The molecule has 44 heavy (non-hydrogen) atoms. The van der Waals surface area contributed by atoms with Crippen LogP contribution in [0.3, 0.4) is 0 Å². The second kappa shape index (κ2) is 9.90. The van der Waals surface area contributed by atoms with Crippen molar-refractivity contribution in [3.8, 4) is 34.1 Å². The lowest BCUT2D eigenvalue weighted by atomic mass is 10.0. The number of carbonyl (C=O) groups excluding carboxylic acids is 2. The molecular weight excluding hydrogens is 544 g/mol. The molecule has 0 N–H and O–H groups in total. The minimum atomic E-state index is -0.357. The van der Waals surface area contributed by atoms with Gasteiger partial charge in [0, 0.05) is 21.9 Å². The topological polar surface area (TPSA) is 79.0 Å². The molecule has 8 rings (SSSR count). The number of anilines is 1. The number of nitriles is 1. The molecule has 0 atom stereocenters. The molecule has 7 aromatic rings. The van der Waals surface area contributed by atoms with E-state index in [1.807, 2.05) is 109 Å². The van der Waals surface area contributed by atoms with Crippen LogP contribution < -0.4 is 4.90 Å². The lowest BCUT2D eigenvalue weighted by Crippen LogP contribution is -2.30. The highest BCUT2D eigenvalue weighted by Crippen LogP contribution is 2.40. The van der Waals surface area contributed by atoms with E-state index in [0.717, 1.165) is 38.5 Å². The van der Waals surface area contributed by atoms with Gasteiger partial charge >= 0.3 is 0 Å². The van der Waals surface area contributed by atoms with E-state index in [-0.39, 0.29) is 11.8 Å². The molecule has 6 heteroatoms. The molecule has 0 radical (unpaired) electrons. The first-order chi connectivity index (χ1) is 21.6. The summed E-state index contributed by atoms with van der Waals surface area (Å²) in [6.45, 7) is 0. The van der Waals surface area contributed by atoms with Crippen LogP contribution in [0.1, 0.15) is 26.4 Å². The zero-order chi connectivity index (χ0) is 29.8. The Morgan fingerprint density at radius 3 is 2.14 bits per heavy atom. The van der Waals surface area contributed by atoms with E-state index >= 15 is 0 Å². The van der Waals surface area contributed by atoms with Crippen molar-refractivity contribution < 1.29 is 9.59 Å². The van der Waals surface area contributed by atoms with Crippen molar-refractivity contribution in [3.63, 3.8) is 0 Å². The van der Waals surface area contributed by atoms with Crippen LogP contribution >= 0.6 is 0 Å². The van der Waals surface area contributed by atoms with Crippen LogP contribution in [0.5, 0.6) is 0 Å². The van der Waals surface area contributed by atoms with Gasteiger partial charge in [0.1, 0.15) is 11.8 Å². The van der Waals surface area contributed by atoms with E-state index in [1.165, 1.54) is 4.90 Å². The van der Waals surface area contributed by atoms with Crippen LogP contribution in [0.2, 0.25) is 0 Å². The number of para-hydroxylation sites is 2. The smallest absolute Gasteiger partial charge is 0.268 e. The summed E-state index contributed by atoms with van der Waals surface area (Å²) in [5.74, 6) is -0.703. The van der Waals surface area contributed by atoms with E-state index in [0.29, 0.717) is 33.9 Å². The van der Waals surface area contributed by atoms with Gasteiger partial charge in [-0.2, -0.15) is 5.26 Å². The summed E-state index contributed by atoms with van der Waals surface area (Å²) >= 11 is 0. The lowest BCUT2D eigenvalue weighted by molar-refractivity contribution is 0.0926. The van der Waals surface area contributed by atoms with E-state index in [4.69, 9.17) is 0 Å². The zero-order valence-electron chi connectivity index (χ0n) is 23.3. The maximum atomic E-state index is 14.3.